The fourth-order valence-electron chi connectivity index (χ4n) is 3.25. The van der Waals surface area contributed by atoms with Gasteiger partial charge in [0.2, 0.25) is 0 Å². The summed E-state index contributed by atoms with van der Waals surface area (Å²) in [5.41, 5.74) is 0. The van der Waals surface area contributed by atoms with E-state index in [2.05, 4.69) is 27.9 Å². The summed E-state index contributed by atoms with van der Waals surface area (Å²) in [5.74, 6) is 0. The van der Waals surface area contributed by atoms with Gasteiger partial charge in [-0.3, -0.25) is 8.42 Å². The second kappa shape index (κ2) is 20.1. The van der Waals surface area contributed by atoms with Crippen LogP contribution in [0.15, 0.2) is 0 Å². The summed E-state index contributed by atoms with van der Waals surface area (Å²) in [5, 5.41) is 0. The van der Waals surface area contributed by atoms with Crippen molar-refractivity contribution in [3.05, 3.63) is 0 Å². The molecule has 0 spiro atoms. The van der Waals surface area contributed by atoms with Crippen LogP contribution in [0.2, 0.25) is 0 Å². The van der Waals surface area contributed by atoms with Gasteiger partial charge < -0.3 is 13.6 Å². The fourth-order valence-corrected chi connectivity index (χ4v) is 3.25. The van der Waals surface area contributed by atoms with Crippen molar-refractivity contribution < 1.29 is 22.0 Å². The van der Waals surface area contributed by atoms with Gasteiger partial charge in [-0.05, 0) is 19.8 Å². The Labute approximate surface area is 176 Å². The highest BCUT2D eigenvalue weighted by molar-refractivity contribution is 7.79. The van der Waals surface area contributed by atoms with Crippen molar-refractivity contribution >= 4 is 10.4 Å². The van der Waals surface area contributed by atoms with Crippen molar-refractivity contribution in [2.45, 2.75) is 117 Å². The first-order valence-electron chi connectivity index (χ1n) is 11.6. The van der Waals surface area contributed by atoms with Crippen molar-refractivity contribution in [1.29, 1.82) is 0 Å². The Kier molecular flexibility index (Phi) is 21.6. The Hall–Kier alpha value is -0.170. The maximum atomic E-state index is 8.52. The molecule has 0 aromatic rings. The largest absolute Gasteiger partial charge is 0.759 e. The average molecular weight is 423 g/mol. The van der Waals surface area contributed by atoms with Crippen LogP contribution in [0.1, 0.15) is 117 Å². The molecule has 0 amide bonds. The molecule has 0 aromatic carbocycles. The maximum absolute atomic E-state index is 8.52. The Morgan fingerprint density at radius 3 is 1.07 bits per heavy atom. The van der Waals surface area contributed by atoms with Crippen molar-refractivity contribution in [2.24, 2.45) is 0 Å². The molecule has 6 heteroatoms. The number of hydrogen-bond donors (Lipinski definition) is 0. The first-order chi connectivity index (χ1) is 13.1. The molecule has 0 N–H and O–H groups in total. The van der Waals surface area contributed by atoms with Crippen LogP contribution in [0.3, 0.4) is 0 Å². The first kappa shape index (κ1) is 30.0. The fraction of sp³-hybridized carbons (Fsp3) is 1.00. The monoisotopic (exact) mass is 422 g/mol. The van der Waals surface area contributed by atoms with Gasteiger partial charge in [0.25, 0.3) is 0 Å². The van der Waals surface area contributed by atoms with E-state index in [1.54, 1.807) is 0 Å². The molecule has 5 nitrogen and oxygen atoms in total. The third-order valence-corrected chi connectivity index (χ3v) is 5.47. The van der Waals surface area contributed by atoms with Gasteiger partial charge in [0.05, 0.1) is 27.2 Å². The molecule has 0 bridgehead atoms. The summed E-state index contributed by atoms with van der Waals surface area (Å²) in [6, 6.07) is 0. The molecule has 0 rings (SSSR count). The van der Waals surface area contributed by atoms with Crippen molar-refractivity contribution in [2.75, 3.05) is 27.2 Å². The molecule has 0 aromatic heterocycles. The lowest BCUT2D eigenvalue weighted by Crippen LogP contribution is -2.39. The molecule has 0 saturated heterocycles. The standard InChI is InChI=1S/C22H48N.H2O4S/c1-5-7-8-9-10-11-12-13-14-15-16-17-18-19-20-21-22-23(3,4)6-2;1-5(2,3)4/h5-22H2,1-4H3;(H2,1,2,3,4)/q+1;/p-2. The highest BCUT2D eigenvalue weighted by Crippen LogP contribution is 2.14. The highest BCUT2D eigenvalue weighted by Gasteiger charge is 2.09. The van der Waals surface area contributed by atoms with Crippen molar-refractivity contribution in [3.63, 3.8) is 0 Å². The van der Waals surface area contributed by atoms with E-state index in [0.29, 0.717) is 0 Å². The topological polar surface area (TPSA) is 80.3 Å². The molecule has 0 aliphatic carbocycles. The lowest BCUT2D eigenvalue weighted by Gasteiger charge is -2.28. The van der Waals surface area contributed by atoms with Gasteiger partial charge in [-0.2, -0.15) is 0 Å². The SMILES string of the molecule is CCCCCCCCCCCCCCCCCC[N+](C)(C)CC.O=S(=O)([O-])[O-]. The van der Waals surface area contributed by atoms with Crippen LogP contribution < -0.4 is 0 Å². The number of rotatable bonds is 18. The zero-order valence-corrected chi connectivity index (χ0v) is 20.0. The van der Waals surface area contributed by atoms with Gasteiger partial charge in [-0.15, -0.1) is 0 Å². The molecular weight excluding hydrogens is 374 g/mol. The van der Waals surface area contributed by atoms with Gasteiger partial charge in [0, 0.05) is 10.4 Å². The van der Waals surface area contributed by atoms with Crippen LogP contribution in [0.4, 0.5) is 0 Å². The minimum absolute atomic E-state index is 1.19. The predicted octanol–water partition coefficient (Wildman–Crippen LogP) is 6.01. The number of quaternary nitrogens is 1. The molecule has 0 heterocycles. The van der Waals surface area contributed by atoms with Crippen LogP contribution >= 0.6 is 0 Å². The lowest BCUT2D eigenvalue weighted by atomic mass is 10.0. The number of hydrogen-bond acceptors (Lipinski definition) is 4. The summed E-state index contributed by atoms with van der Waals surface area (Å²) in [7, 11) is -0.462. The van der Waals surface area contributed by atoms with E-state index >= 15 is 0 Å². The summed E-state index contributed by atoms with van der Waals surface area (Å²) in [6.45, 7) is 7.21. The maximum Gasteiger partial charge on any atom is 0.0782 e. The second-order valence-corrected chi connectivity index (χ2v) is 9.50. The van der Waals surface area contributed by atoms with E-state index in [-0.39, 0.29) is 0 Å². The van der Waals surface area contributed by atoms with E-state index in [9.17, 15) is 0 Å². The van der Waals surface area contributed by atoms with Crippen LogP contribution in [0.5, 0.6) is 0 Å². The molecule has 0 fully saturated rings. The zero-order valence-electron chi connectivity index (χ0n) is 19.2. The van der Waals surface area contributed by atoms with Crippen molar-refractivity contribution in [1.82, 2.24) is 0 Å². The van der Waals surface area contributed by atoms with Gasteiger partial charge in [-0.1, -0.05) is 96.8 Å². The van der Waals surface area contributed by atoms with Crippen LogP contribution in [0, 0.1) is 0 Å². The number of unbranched alkanes of at least 4 members (excludes halogenated alkanes) is 15. The van der Waals surface area contributed by atoms with Gasteiger partial charge in [-0.25, -0.2) is 0 Å². The summed E-state index contributed by atoms with van der Waals surface area (Å²) < 4.78 is 35.3. The first-order valence-corrected chi connectivity index (χ1v) is 12.9. The zero-order chi connectivity index (χ0) is 21.7. The average Bonchev–Trinajstić information content (AvgIpc) is 2.60. The van der Waals surface area contributed by atoms with Crippen LogP contribution in [-0.2, 0) is 10.4 Å². The third-order valence-electron chi connectivity index (χ3n) is 5.47. The molecule has 0 saturated carbocycles. The van der Waals surface area contributed by atoms with Crippen LogP contribution in [-0.4, -0.2) is 49.2 Å². The normalized spacial score (nSPS) is 11.9. The van der Waals surface area contributed by atoms with Crippen molar-refractivity contribution in [3.8, 4) is 0 Å². The molecule has 172 valence electrons. The van der Waals surface area contributed by atoms with Crippen LogP contribution in [0.25, 0.3) is 0 Å². The molecule has 0 aliphatic rings. The summed E-state index contributed by atoms with van der Waals surface area (Å²) in [6.07, 6.45) is 23.4. The molecule has 0 unspecified atom stereocenters. The van der Waals surface area contributed by atoms with Gasteiger partial charge in [0.15, 0.2) is 0 Å². The Morgan fingerprint density at radius 1 is 0.571 bits per heavy atom. The molecule has 0 radical (unpaired) electrons. The van der Waals surface area contributed by atoms with E-state index < -0.39 is 10.4 Å². The minimum atomic E-state index is -5.17. The third kappa shape index (κ3) is 33.4. The molecule has 0 atom stereocenters. The minimum Gasteiger partial charge on any atom is -0.759 e. The van der Waals surface area contributed by atoms with Gasteiger partial charge >= 0.3 is 0 Å². The molecular formula is C22H48NO4S-. The Bertz CT molecular complexity index is 403. The summed E-state index contributed by atoms with van der Waals surface area (Å²) >= 11 is 0. The highest BCUT2D eigenvalue weighted by atomic mass is 32.3. The quantitative estimate of drug-likeness (QED) is 0.117. The lowest BCUT2D eigenvalue weighted by molar-refractivity contribution is -0.888. The number of nitrogens with zero attached hydrogens (tertiary/aromatic N) is 1. The Balaban J connectivity index is 0. The molecule has 0 aliphatic heterocycles. The molecule has 28 heavy (non-hydrogen) atoms. The van der Waals surface area contributed by atoms with Gasteiger partial charge in [0.1, 0.15) is 0 Å². The van der Waals surface area contributed by atoms with E-state index in [0.717, 1.165) is 0 Å². The van der Waals surface area contributed by atoms with E-state index in [1.165, 1.54) is 120 Å². The Morgan fingerprint density at radius 2 is 0.821 bits per heavy atom. The second-order valence-electron chi connectivity index (χ2n) is 8.69. The summed E-state index contributed by atoms with van der Waals surface area (Å²) in [4.78, 5) is 0. The van der Waals surface area contributed by atoms with E-state index in [4.69, 9.17) is 17.5 Å². The smallest absolute Gasteiger partial charge is 0.0782 e. The van der Waals surface area contributed by atoms with E-state index in [1.807, 2.05) is 0 Å². The predicted molar refractivity (Wildman–Crippen MR) is 118 cm³/mol.